The minimum atomic E-state index is 0.348. The molecule has 1 heterocycles. The summed E-state index contributed by atoms with van der Waals surface area (Å²) in [4.78, 5) is 0. The van der Waals surface area contributed by atoms with Crippen LogP contribution >= 0.6 is 0 Å². The maximum atomic E-state index is 5.85. The van der Waals surface area contributed by atoms with Gasteiger partial charge in [0.25, 0.3) is 0 Å². The molecule has 1 aromatic rings. The van der Waals surface area contributed by atoms with Gasteiger partial charge in [-0.2, -0.15) is 0 Å². The Kier molecular flexibility index (Phi) is 3.59. The lowest BCUT2D eigenvalue weighted by Gasteiger charge is -2.17. The molecule has 1 saturated carbocycles. The zero-order chi connectivity index (χ0) is 12.5. The molecule has 3 nitrogen and oxygen atoms in total. The minimum Gasteiger partial charge on any atom is -0.462 e. The second-order valence-corrected chi connectivity index (χ2v) is 5.57. The van der Waals surface area contributed by atoms with E-state index in [2.05, 4.69) is 32.2 Å². The third-order valence-electron chi connectivity index (χ3n) is 3.69. The van der Waals surface area contributed by atoms with E-state index in [9.17, 15) is 0 Å². The van der Waals surface area contributed by atoms with E-state index in [1.165, 1.54) is 6.42 Å². The average molecular weight is 237 g/mol. The van der Waals surface area contributed by atoms with Crippen molar-refractivity contribution in [3.05, 3.63) is 23.7 Å². The molecule has 0 bridgehead atoms. The molecule has 0 aliphatic heterocycles. The Morgan fingerprint density at radius 2 is 2.24 bits per heavy atom. The van der Waals surface area contributed by atoms with Crippen LogP contribution in [-0.4, -0.2) is 13.7 Å². The van der Waals surface area contributed by atoms with E-state index < -0.39 is 0 Å². The SMILES string of the molecule is CCNC(c1ccc(COC)o1)C1CC1(C)C. The molecule has 2 rings (SSSR count). The fraction of sp³-hybridized carbons (Fsp3) is 0.714. The van der Waals surface area contributed by atoms with Crippen LogP contribution in [0.3, 0.4) is 0 Å². The molecule has 1 aliphatic carbocycles. The van der Waals surface area contributed by atoms with E-state index in [0.29, 0.717) is 24.0 Å². The highest BCUT2D eigenvalue weighted by atomic mass is 16.5. The van der Waals surface area contributed by atoms with Gasteiger partial charge in [0.2, 0.25) is 0 Å². The van der Waals surface area contributed by atoms with Gasteiger partial charge in [-0.05, 0) is 36.4 Å². The molecule has 17 heavy (non-hydrogen) atoms. The minimum absolute atomic E-state index is 0.348. The number of hydrogen-bond donors (Lipinski definition) is 1. The zero-order valence-electron chi connectivity index (χ0n) is 11.2. The van der Waals surface area contributed by atoms with Gasteiger partial charge in [-0.3, -0.25) is 0 Å². The van der Waals surface area contributed by atoms with Gasteiger partial charge in [-0.1, -0.05) is 20.8 Å². The lowest BCUT2D eigenvalue weighted by molar-refractivity contribution is 0.160. The van der Waals surface area contributed by atoms with Crippen LogP contribution in [0.1, 0.15) is 44.8 Å². The van der Waals surface area contributed by atoms with Crippen molar-refractivity contribution in [3.8, 4) is 0 Å². The molecule has 1 aliphatic rings. The molecule has 0 radical (unpaired) electrons. The first-order valence-electron chi connectivity index (χ1n) is 6.39. The lowest BCUT2D eigenvalue weighted by atomic mass is 10.0. The second-order valence-electron chi connectivity index (χ2n) is 5.57. The number of methoxy groups -OCH3 is 1. The zero-order valence-corrected chi connectivity index (χ0v) is 11.2. The van der Waals surface area contributed by atoms with Crippen molar-refractivity contribution in [1.82, 2.24) is 5.32 Å². The largest absolute Gasteiger partial charge is 0.462 e. The fourth-order valence-corrected chi connectivity index (χ4v) is 2.52. The Hall–Kier alpha value is -0.800. The monoisotopic (exact) mass is 237 g/mol. The molecule has 1 fully saturated rings. The summed E-state index contributed by atoms with van der Waals surface area (Å²) in [6.07, 6.45) is 1.27. The van der Waals surface area contributed by atoms with Gasteiger partial charge in [-0.15, -0.1) is 0 Å². The van der Waals surface area contributed by atoms with E-state index in [1.807, 2.05) is 6.07 Å². The van der Waals surface area contributed by atoms with Crippen LogP contribution in [0.2, 0.25) is 0 Å². The summed E-state index contributed by atoms with van der Waals surface area (Å²) in [5.74, 6) is 2.64. The van der Waals surface area contributed by atoms with Crippen LogP contribution in [-0.2, 0) is 11.3 Å². The standard InChI is InChI=1S/C14H23NO2/c1-5-15-13(11-8-14(11,2)3)12-7-6-10(17-12)9-16-4/h6-7,11,13,15H,5,8-9H2,1-4H3. The molecule has 0 amide bonds. The number of hydrogen-bond acceptors (Lipinski definition) is 3. The Morgan fingerprint density at radius 3 is 2.76 bits per heavy atom. The van der Waals surface area contributed by atoms with Gasteiger partial charge in [0.15, 0.2) is 0 Å². The highest BCUT2D eigenvalue weighted by Gasteiger charge is 2.51. The first-order valence-corrected chi connectivity index (χ1v) is 6.39. The van der Waals surface area contributed by atoms with Crippen molar-refractivity contribution in [2.75, 3.05) is 13.7 Å². The van der Waals surface area contributed by atoms with Crippen LogP contribution in [0.4, 0.5) is 0 Å². The molecule has 2 unspecified atom stereocenters. The van der Waals surface area contributed by atoms with Crippen LogP contribution in [0.5, 0.6) is 0 Å². The maximum Gasteiger partial charge on any atom is 0.129 e. The molecule has 0 saturated heterocycles. The Labute approximate surface area is 104 Å². The molecule has 1 N–H and O–H groups in total. The second kappa shape index (κ2) is 4.83. The topological polar surface area (TPSA) is 34.4 Å². The highest BCUT2D eigenvalue weighted by molar-refractivity contribution is 5.16. The number of furan rings is 1. The highest BCUT2D eigenvalue weighted by Crippen LogP contribution is 2.57. The van der Waals surface area contributed by atoms with E-state index in [0.717, 1.165) is 18.1 Å². The van der Waals surface area contributed by atoms with Gasteiger partial charge in [0, 0.05) is 7.11 Å². The van der Waals surface area contributed by atoms with Gasteiger partial charge in [-0.25, -0.2) is 0 Å². The summed E-state index contributed by atoms with van der Waals surface area (Å²) in [5.41, 5.74) is 0.445. The fourth-order valence-electron chi connectivity index (χ4n) is 2.52. The van der Waals surface area contributed by atoms with Gasteiger partial charge in [0.05, 0.1) is 6.04 Å². The quantitative estimate of drug-likeness (QED) is 0.825. The summed E-state index contributed by atoms with van der Waals surface area (Å²) < 4.78 is 10.9. The third-order valence-corrected chi connectivity index (χ3v) is 3.69. The van der Waals surface area contributed by atoms with Crippen LogP contribution < -0.4 is 5.32 Å². The molecular formula is C14H23NO2. The van der Waals surface area contributed by atoms with Gasteiger partial charge in [0.1, 0.15) is 18.1 Å². The lowest BCUT2D eigenvalue weighted by Crippen LogP contribution is -2.23. The van der Waals surface area contributed by atoms with Crippen molar-refractivity contribution in [2.45, 2.75) is 39.8 Å². The van der Waals surface area contributed by atoms with Gasteiger partial charge >= 0.3 is 0 Å². The molecule has 1 aromatic heterocycles. The summed E-state index contributed by atoms with van der Waals surface area (Å²) in [5, 5.41) is 3.54. The molecular weight excluding hydrogens is 214 g/mol. The summed E-state index contributed by atoms with van der Waals surface area (Å²) in [7, 11) is 1.69. The average Bonchev–Trinajstić information content (AvgIpc) is 2.72. The van der Waals surface area contributed by atoms with Crippen LogP contribution in [0, 0.1) is 11.3 Å². The molecule has 96 valence electrons. The van der Waals surface area contributed by atoms with Crippen molar-refractivity contribution in [3.63, 3.8) is 0 Å². The Bertz CT molecular complexity index is 370. The number of ether oxygens (including phenoxy) is 1. The summed E-state index contributed by atoms with van der Waals surface area (Å²) in [6.45, 7) is 8.30. The summed E-state index contributed by atoms with van der Waals surface area (Å²) >= 11 is 0. The van der Waals surface area contributed by atoms with Crippen molar-refractivity contribution < 1.29 is 9.15 Å². The Balaban J connectivity index is 2.09. The van der Waals surface area contributed by atoms with E-state index in [-0.39, 0.29) is 0 Å². The van der Waals surface area contributed by atoms with Gasteiger partial charge < -0.3 is 14.5 Å². The van der Waals surface area contributed by atoms with Crippen molar-refractivity contribution in [2.24, 2.45) is 11.3 Å². The maximum absolute atomic E-state index is 5.85. The van der Waals surface area contributed by atoms with Crippen LogP contribution in [0.15, 0.2) is 16.5 Å². The molecule has 0 aromatic carbocycles. The first-order chi connectivity index (χ1) is 8.08. The number of nitrogens with one attached hydrogen (secondary N) is 1. The first kappa shape index (κ1) is 12.7. The van der Waals surface area contributed by atoms with Crippen molar-refractivity contribution >= 4 is 0 Å². The molecule has 3 heteroatoms. The van der Waals surface area contributed by atoms with E-state index >= 15 is 0 Å². The molecule has 2 atom stereocenters. The Morgan fingerprint density at radius 1 is 1.53 bits per heavy atom. The smallest absolute Gasteiger partial charge is 0.129 e. The van der Waals surface area contributed by atoms with Crippen molar-refractivity contribution in [1.29, 1.82) is 0 Å². The number of rotatable bonds is 6. The molecule has 0 spiro atoms. The predicted octanol–water partition coefficient (Wildman–Crippen LogP) is 3.12. The van der Waals surface area contributed by atoms with E-state index in [4.69, 9.17) is 9.15 Å². The normalized spacial score (nSPS) is 23.6. The predicted molar refractivity (Wildman–Crippen MR) is 67.7 cm³/mol. The third kappa shape index (κ3) is 2.72. The van der Waals surface area contributed by atoms with E-state index in [1.54, 1.807) is 7.11 Å². The summed E-state index contributed by atoms with van der Waals surface area (Å²) in [6, 6.07) is 4.44. The van der Waals surface area contributed by atoms with Crippen LogP contribution in [0.25, 0.3) is 0 Å².